The lowest BCUT2D eigenvalue weighted by Crippen LogP contribution is -2.47. The Kier molecular flexibility index (Phi) is 6.25. The summed E-state index contributed by atoms with van der Waals surface area (Å²) in [6.07, 6.45) is 6.83. The molecule has 1 aliphatic rings. The molecule has 26 heavy (non-hydrogen) atoms. The number of nitrogens with one attached hydrogen (secondary N) is 1. The molecule has 2 aromatic rings. The first-order chi connectivity index (χ1) is 12.6. The van der Waals surface area contributed by atoms with Gasteiger partial charge in [-0.1, -0.05) is 24.8 Å². The number of rotatable bonds is 6. The monoisotopic (exact) mass is 369 g/mol. The molecule has 0 saturated carbocycles. The average molecular weight is 370 g/mol. The zero-order chi connectivity index (χ0) is 18.5. The summed E-state index contributed by atoms with van der Waals surface area (Å²) in [6.45, 7) is 10.3. The third-order valence-corrected chi connectivity index (χ3v) is 6.15. The van der Waals surface area contributed by atoms with E-state index in [4.69, 9.17) is 0 Å². The van der Waals surface area contributed by atoms with Crippen LogP contribution >= 0.6 is 11.3 Å². The van der Waals surface area contributed by atoms with E-state index in [9.17, 15) is 4.79 Å². The first-order valence-corrected chi connectivity index (χ1v) is 9.89. The maximum Gasteiger partial charge on any atom is 0.238 e. The van der Waals surface area contributed by atoms with Crippen molar-refractivity contribution in [1.82, 2.24) is 9.80 Å². The fourth-order valence-corrected chi connectivity index (χ4v) is 4.39. The third kappa shape index (κ3) is 4.61. The van der Waals surface area contributed by atoms with Crippen molar-refractivity contribution < 1.29 is 4.79 Å². The van der Waals surface area contributed by atoms with Gasteiger partial charge >= 0.3 is 0 Å². The molecule has 1 aromatic heterocycles. The second kappa shape index (κ2) is 8.62. The molecule has 4 nitrogen and oxygen atoms in total. The minimum atomic E-state index is 0.0657. The van der Waals surface area contributed by atoms with Gasteiger partial charge in [0, 0.05) is 47.9 Å². The Labute approximate surface area is 159 Å². The van der Waals surface area contributed by atoms with Crippen molar-refractivity contribution in [2.75, 3.05) is 45.1 Å². The van der Waals surface area contributed by atoms with Crippen LogP contribution < -0.4 is 5.32 Å². The normalized spacial score (nSPS) is 16.4. The molecular weight excluding hydrogens is 342 g/mol. The molecule has 1 saturated heterocycles. The van der Waals surface area contributed by atoms with Crippen LogP contribution in [0.2, 0.25) is 0 Å². The van der Waals surface area contributed by atoms with Crippen LogP contribution in [0.1, 0.15) is 10.4 Å². The lowest BCUT2D eigenvalue weighted by molar-refractivity contribution is -0.117. The lowest BCUT2D eigenvalue weighted by atomic mass is 10.1. The standard InChI is InChI=1S/C21H27N3OS/c1-4-5-6-7-19-16(2)18-14-17(8-9-20(18)26-19)22-21(25)15-24-12-10-23(3)11-13-24/h4-6,8-9,14H,1,7,10-13,15H2,2-3H3,(H,22,25). The van der Waals surface area contributed by atoms with Crippen molar-refractivity contribution in [3.63, 3.8) is 0 Å². The molecule has 0 radical (unpaired) electrons. The summed E-state index contributed by atoms with van der Waals surface area (Å²) in [7, 11) is 2.12. The van der Waals surface area contributed by atoms with Gasteiger partial charge in [0.05, 0.1) is 6.54 Å². The number of carbonyl (C=O) groups excluding carboxylic acids is 1. The van der Waals surface area contributed by atoms with Crippen molar-refractivity contribution >= 4 is 33.0 Å². The van der Waals surface area contributed by atoms with Crippen LogP contribution in [0.15, 0.2) is 43.0 Å². The SMILES string of the molecule is C=CC=CCc1sc2ccc(NC(=O)CN3CCN(C)CC3)cc2c1C. The first kappa shape index (κ1) is 18.8. The van der Waals surface area contributed by atoms with E-state index in [0.717, 1.165) is 38.3 Å². The highest BCUT2D eigenvalue weighted by Gasteiger charge is 2.17. The van der Waals surface area contributed by atoms with Crippen molar-refractivity contribution in [2.24, 2.45) is 0 Å². The molecule has 0 bridgehead atoms. The van der Waals surface area contributed by atoms with Crippen LogP contribution in [0.5, 0.6) is 0 Å². The van der Waals surface area contributed by atoms with Crippen LogP contribution in [0.25, 0.3) is 10.1 Å². The van der Waals surface area contributed by atoms with Crippen LogP contribution in [-0.2, 0) is 11.2 Å². The minimum Gasteiger partial charge on any atom is -0.325 e. The molecule has 0 unspecified atom stereocenters. The van der Waals surface area contributed by atoms with E-state index in [1.807, 2.05) is 23.5 Å². The summed E-state index contributed by atoms with van der Waals surface area (Å²) in [5, 5.41) is 4.30. The van der Waals surface area contributed by atoms with E-state index >= 15 is 0 Å². The van der Waals surface area contributed by atoms with Crippen molar-refractivity contribution in [1.29, 1.82) is 0 Å². The highest BCUT2D eigenvalue weighted by Crippen LogP contribution is 2.33. The van der Waals surface area contributed by atoms with Crippen LogP contribution in [0.3, 0.4) is 0 Å². The van der Waals surface area contributed by atoms with Gasteiger partial charge in [-0.2, -0.15) is 0 Å². The van der Waals surface area contributed by atoms with E-state index in [1.165, 1.54) is 20.5 Å². The van der Waals surface area contributed by atoms with E-state index in [1.54, 1.807) is 6.08 Å². The minimum absolute atomic E-state index is 0.0657. The molecule has 3 rings (SSSR count). The Hall–Kier alpha value is -1.95. The quantitative estimate of drug-likeness (QED) is 0.789. The number of aryl methyl sites for hydroxylation is 1. The maximum atomic E-state index is 12.4. The zero-order valence-corrected chi connectivity index (χ0v) is 16.4. The predicted molar refractivity (Wildman–Crippen MR) is 112 cm³/mol. The van der Waals surface area contributed by atoms with Crippen molar-refractivity contribution in [2.45, 2.75) is 13.3 Å². The molecule has 1 amide bonds. The number of hydrogen-bond acceptors (Lipinski definition) is 4. The van der Waals surface area contributed by atoms with Gasteiger partial charge in [-0.05, 0) is 43.1 Å². The van der Waals surface area contributed by atoms with Gasteiger partial charge in [0.2, 0.25) is 5.91 Å². The van der Waals surface area contributed by atoms with Gasteiger partial charge in [-0.3, -0.25) is 9.69 Å². The first-order valence-electron chi connectivity index (χ1n) is 9.07. The summed E-state index contributed by atoms with van der Waals surface area (Å²) >= 11 is 1.82. The van der Waals surface area contributed by atoms with Crippen LogP contribution in [0.4, 0.5) is 5.69 Å². The fourth-order valence-electron chi connectivity index (χ4n) is 3.22. The largest absolute Gasteiger partial charge is 0.325 e. The van der Waals surface area contributed by atoms with E-state index in [0.29, 0.717) is 6.54 Å². The summed E-state index contributed by atoms with van der Waals surface area (Å²) in [6, 6.07) is 6.21. The summed E-state index contributed by atoms with van der Waals surface area (Å²) in [5.41, 5.74) is 2.18. The number of anilines is 1. The number of nitrogens with zero attached hydrogens (tertiary/aromatic N) is 2. The highest BCUT2D eigenvalue weighted by atomic mass is 32.1. The lowest BCUT2D eigenvalue weighted by Gasteiger charge is -2.31. The Bertz CT molecular complexity index is 816. The number of thiophene rings is 1. The highest BCUT2D eigenvalue weighted by molar-refractivity contribution is 7.19. The van der Waals surface area contributed by atoms with Gasteiger partial charge in [-0.25, -0.2) is 0 Å². The molecule has 0 aliphatic carbocycles. The Morgan fingerprint density at radius 1 is 1.31 bits per heavy atom. The van der Waals surface area contributed by atoms with Gasteiger partial charge < -0.3 is 10.2 Å². The summed E-state index contributed by atoms with van der Waals surface area (Å²) < 4.78 is 1.27. The molecule has 1 aromatic carbocycles. The second-order valence-electron chi connectivity index (χ2n) is 6.86. The predicted octanol–water partition coefficient (Wildman–Crippen LogP) is 3.68. The molecule has 138 valence electrons. The molecule has 1 fully saturated rings. The molecule has 0 spiro atoms. The molecule has 1 aliphatic heterocycles. The van der Waals surface area contributed by atoms with Gasteiger partial charge in [-0.15, -0.1) is 11.3 Å². The smallest absolute Gasteiger partial charge is 0.238 e. The Balaban J connectivity index is 1.66. The number of carbonyl (C=O) groups is 1. The van der Waals surface area contributed by atoms with Crippen molar-refractivity contribution in [3.05, 3.63) is 53.4 Å². The molecule has 5 heteroatoms. The number of piperazine rings is 1. The number of amides is 1. The number of benzene rings is 1. The average Bonchev–Trinajstić information content (AvgIpc) is 2.93. The van der Waals surface area contributed by atoms with E-state index < -0.39 is 0 Å². The molecule has 1 N–H and O–H groups in total. The Morgan fingerprint density at radius 2 is 2.08 bits per heavy atom. The number of likely N-dealkylation sites (N-methyl/N-ethyl adjacent to an activating group) is 1. The third-order valence-electron chi connectivity index (χ3n) is 4.86. The number of fused-ring (bicyclic) bond motifs is 1. The summed E-state index contributed by atoms with van der Waals surface area (Å²) in [5.74, 6) is 0.0657. The molecular formula is C21H27N3OS. The maximum absolute atomic E-state index is 12.4. The number of hydrogen-bond donors (Lipinski definition) is 1. The van der Waals surface area contributed by atoms with Gasteiger partial charge in [0.25, 0.3) is 0 Å². The van der Waals surface area contributed by atoms with E-state index in [2.05, 4.69) is 53.9 Å². The topological polar surface area (TPSA) is 35.6 Å². The van der Waals surface area contributed by atoms with Gasteiger partial charge in [0.1, 0.15) is 0 Å². The molecule has 0 atom stereocenters. The fraction of sp³-hybridized carbons (Fsp3) is 0.381. The summed E-state index contributed by atoms with van der Waals surface area (Å²) in [4.78, 5) is 18.3. The second-order valence-corrected chi connectivity index (χ2v) is 7.99. The molecule has 2 heterocycles. The van der Waals surface area contributed by atoms with Crippen molar-refractivity contribution in [3.8, 4) is 0 Å². The van der Waals surface area contributed by atoms with Crippen LogP contribution in [0, 0.1) is 6.92 Å². The number of allylic oxidation sites excluding steroid dienone is 3. The van der Waals surface area contributed by atoms with E-state index in [-0.39, 0.29) is 5.91 Å². The van der Waals surface area contributed by atoms with Gasteiger partial charge in [0.15, 0.2) is 0 Å². The zero-order valence-electron chi connectivity index (χ0n) is 15.6. The van der Waals surface area contributed by atoms with Crippen LogP contribution in [-0.4, -0.2) is 55.5 Å². The Morgan fingerprint density at radius 3 is 2.81 bits per heavy atom.